The number of fused-ring (bicyclic) bond motifs is 2. The Balaban J connectivity index is 1.20. The molecule has 0 amide bonds. The van der Waals surface area contributed by atoms with Crippen molar-refractivity contribution < 1.29 is 4.74 Å². The van der Waals surface area contributed by atoms with Crippen LogP contribution in [0.4, 0.5) is 5.82 Å². The van der Waals surface area contributed by atoms with E-state index in [1.807, 2.05) is 6.92 Å². The lowest BCUT2D eigenvalue weighted by atomic mass is 9.73. The topological polar surface area (TPSA) is 106 Å². The molecule has 1 spiro atoms. The van der Waals surface area contributed by atoms with Gasteiger partial charge in [0, 0.05) is 31.4 Å². The molecule has 4 heterocycles. The van der Waals surface area contributed by atoms with Crippen molar-refractivity contribution in [3.63, 3.8) is 0 Å². The molecular weight excluding hydrogens is 438 g/mol. The average molecular weight is 462 g/mol. The van der Waals surface area contributed by atoms with E-state index in [4.69, 9.17) is 27.1 Å². The highest BCUT2D eigenvalue weighted by Crippen LogP contribution is 2.50. The Morgan fingerprint density at radius 1 is 1.18 bits per heavy atom. The lowest BCUT2D eigenvalue weighted by molar-refractivity contribution is 0.187. The minimum atomic E-state index is 0.0976. The third-order valence-corrected chi connectivity index (χ3v) is 7.60. The van der Waals surface area contributed by atoms with Crippen molar-refractivity contribution in [2.75, 3.05) is 18.0 Å². The summed E-state index contributed by atoms with van der Waals surface area (Å²) in [5.41, 5.74) is 11.4. The molecule has 1 fully saturated rings. The van der Waals surface area contributed by atoms with E-state index in [1.165, 1.54) is 11.1 Å². The van der Waals surface area contributed by atoms with E-state index in [1.54, 1.807) is 18.5 Å². The van der Waals surface area contributed by atoms with Crippen LogP contribution in [0.15, 0.2) is 42.7 Å². The smallest absolute Gasteiger partial charge is 0.266 e. The molecule has 0 unspecified atom stereocenters. The van der Waals surface area contributed by atoms with Crippen molar-refractivity contribution in [3.05, 3.63) is 64.6 Å². The van der Waals surface area contributed by atoms with Crippen LogP contribution in [0.3, 0.4) is 0 Å². The van der Waals surface area contributed by atoms with Gasteiger partial charge in [-0.25, -0.2) is 9.97 Å². The maximum absolute atomic E-state index is 6.71. The lowest BCUT2D eigenvalue weighted by Gasteiger charge is -2.42. The fourth-order valence-corrected chi connectivity index (χ4v) is 5.34. The number of aromatic nitrogens is 5. The van der Waals surface area contributed by atoms with Crippen LogP contribution < -0.4 is 15.4 Å². The number of anilines is 1. The number of nitrogens with two attached hydrogens (primary N) is 1. The second-order valence-electron chi connectivity index (χ2n) is 8.97. The predicted molar refractivity (Wildman–Crippen MR) is 127 cm³/mol. The highest BCUT2D eigenvalue weighted by Gasteiger charge is 2.45. The van der Waals surface area contributed by atoms with Crippen LogP contribution >= 0.6 is 11.6 Å². The number of rotatable bonds is 3. The summed E-state index contributed by atoms with van der Waals surface area (Å²) >= 11 is 6.30. The Kier molecular flexibility index (Phi) is 4.74. The minimum Gasteiger partial charge on any atom is -0.434 e. The maximum atomic E-state index is 6.71. The van der Waals surface area contributed by atoms with E-state index in [0.29, 0.717) is 33.5 Å². The zero-order valence-electron chi connectivity index (χ0n) is 18.3. The van der Waals surface area contributed by atoms with Gasteiger partial charge in [0.1, 0.15) is 10.8 Å². The van der Waals surface area contributed by atoms with Gasteiger partial charge in [-0.2, -0.15) is 0 Å². The number of pyridine rings is 1. The third kappa shape index (κ3) is 3.32. The van der Waals surface area contributed by atoms with Crippen molar-refractivity contribution >= 4 is 28.6 Å². The maximum Gasteiger partial charge on any atom is 0.266 e. The van der Waals surface area contributed by atoms with Crippen molar-refractivity contribution in [3.8, 4) is 11.6 Å². The molecule has 3 aromatic heterocycles. The summed E-state index contributed by atoms with van der Waals surface area (Å²) in [4.78, 5) is 15.8. The van der Waals surface area contributed by atoms with Gasteiger partial charge in [-0.05, 0) is 42.7 Å². The lowest BCUT2D eigenvalue weighted by Crippen LogP contribution is -2.44. The summed E-state index contributed by atoms with van der Waals surface area (Å²) in [5.74, 6) is 1.65. The van der Waals surface area contributed by atoms with E-state index >= 15 is 0 Å². The molecule has 8 nitrogen and oxygen atoms in total. The number of hydrogen-bond donors (Lipinski definition) is 2. The molecule has 2 aliphatic rings. The molecule has 1 aliphatic carbocycles. The van der Waals surface area contributed by atoms with E-state index < -0.39 is 0 Å². The summed E-state index contributed by atoms with van der Waals surface area (Å²) in [7, 11) is 0. The number of piperidine rings is 1. The van der Waals surface area contributed by atoms with Crippen LogP contribution in [0.5, 0.6) is 11.6 Å². The van der Waals surface area contributed by atoms with Crippen molar-refractivity contribution in [1.82, 2.24) is 25.1 Å². The molecule has 6 rings (SSSR count). The predicted octanol–water partition coefficient (Wildman–Crippen LogP) is 4.34. The van der Waals surface area contributed by atoms with Crippen LogP contribution in [0, 0.1) is 12.3 Å². The number of H-pyrrole nitrogens is 1. The van der Waals surface area contributed by atoms with Crippen LogP contribution in [0.2, 0.25) is 5.02 Å². The number of nitrogens with one attached hydrogen (secondary N) is 1. The second-order valence-corrected chi connectivity index (χ2v) is 9.35. The Hall–Kier alpha value is -3.23. The number of hydrogen-bond acceptors (Lipinski definition) is 7. The number of nitrogens with zero attached hydrogens (tertiary/aromatic N) is 5. The highest BCUT2D eigenvalue weighted by molar-refractivity contribution is 6.32. The van der Waals surface area contributed by atoms with Gasteiger partial charge in [0.25, 0.3) is 5.88 Å². The SMILES string of the molecule is Cc1nccc(Oc2n[nH]c3nc(N4CCC5(CC4)Cc4ccccc4[C@H]5N)cnc23)c1Cl. The van der Waals surface area contributed by atoms with E-state index in [0.717, 1.165) is 38.2 Å². The first-order valence-corrected chi connectivity index (χ1v) is 11.5. The number of aromatic amines is 1. The zero-order valence-corrected chi connectivity index (χ0v) is 19.0. The molecule has 3 N–H and O–H groups in total. The summed E-state index contributed by atoms with van der Waals surface area (Å²) in [6.07, 6.45) is 6.54. The Labute approximate surface area is 196 Å². The molecule has 0 radical (unpaired) electrons. The molecular formula is C24H24ClN7O. The van der Waals surface area contributed by atoms with Crippen molar-refractivity contribution in [1.29, 1.82) is 0 Å². The Bertz CT molecular complexity index is 1350. The summed E-state index contributed by atoms with van der Waals surface area (Å²) < 4.78 is 5.89. The monoisotopic (exact) mass is 461 g/mol. The fourth-order valence-electron chi connectivity index (χ4n) is 5.19. The fraction of sp³-hybridized carbons (Fsp3) is 0.333. The first kappa shape index (κ1) is 20.4. The number of aryl methyl sites for hydroxylation is 1. The van der Waals surface area contributed by atoms with E-state index in [2.05, 4.69) is 49.3 Å². The second kappa shape index (κ2) is 7.67. The molecule has 1 aromatic carbocycles. The first-order chi connectivity index (χ1) is 16.0. The Morgan fingerprint density at radius 3 is 2.82 bits per heavy atom. The molecule has 1 saturated heterocycles. The van der Waals surface area contributed by atoms with Gasteiger partial charge >= 0.3 is 0 Å². The molecule has 168 valence electrons. The van der Waals surface area contributed by atoms with Crippen LogP contribution in [0.1, 0.15) is 35.7 Å². The van der Waals surface area contributed by atoms with Gasteiger partial charge in [-0.15, -0.1) is 5.10 Å². The quantitative estimate of drug-likeness (QED) is 0.467. The van der Waals surface area contributed by atoms with Crippen LogP contribution in [-0.4, -0.2) is 38.2 Å². The molecule has 33 heavy (non-hydrogen) atoms. The number of benzene rings is 1. The van der Waals surface area contributed by atoms with Gasteiger partial charge in [0.2, 0.25) is 0 Å². The van der Waals surface area contributed by atoms with Crippen molar-refractivity contribution in [2.24, 2.45) is 11.1 Å². The molecule has 1 aliphatic heterocycles. The largest absolute Gasteiger partial charge is 0.434 e. The Morgan fingerprint density at radius 2 is 2.00 bits per heavy atom. The normalized spacial score (nSPS) is 19.2. The highest BCUT2D eigenvalue weighted by atomic mass is 35.5. The molecule has 0 saturated carbocycles. The number of ether oxygens (including phenoxy) is 1. The van der Waals surface area contributed by atoms with Gasteiger partial charge in [-0.1, -0.05) is 35.9 Å². The van der Waals surface area contributed by atoms with Gasteiger partial charge < -0.3 is 15.4 Å². The van der Waals surface area contributed by atoms with E-state index in [-0.39, 0.29) is 11.5 Å². The molecule has 4 aromatic rings. The van der Waals surface area contributed by atoms with E-state index in [9.17, 15) is 0 Å². The first-order valence-electron chi connectivity index (χ1n) is 11.1. The summed E-state index contributed by atoms with van der Waals surface area (Å²) in [6, 6.07) is 10.4. The molecule has 9 heteroatoms. The number of halogens is 1. The third-order valence-electron chi connectivity index (χ3n) is 7.14. The van der Waals surface area contributed by atoms with Crippen molar-refractivity contribution in [2.45, 2.75) is 32.2 Å². The van der Waals surface area contributed by atoms with Crippen LogP contribution in [0.25, 0.3) is 11.2 Å². The molecule has 1 atom stereocenters. The average Bonchev–Trinajstić information content (AvgIpc) is 3.36. The van der Waals surface area contributed by atoms with Crippen LogP contribution in [-0.2, 0) is 6.42 Å². The summed E-state index contributed by atoms with van der Waals surface area (Å²) in [5, 5.41) is 7.64. The van der Waals surface area contributed by atoms with Gasteiger partial charge in [-0.3, -0.25) is 10.1 Å². The zero-order chi connectivity index (χ0) is 22.6. The van der Waals surface area contributed by atoms with Gasteiger partial charge in [0.05, 0.1) is 11.9 Å². The standard InChI is InChI=1S/C24H24ClN7O/c1-14-19(25)17(6-9-27-14)33-23-20-22(30-31-23)29-18(13-28-20)32-10-7-24(8-11-32)12-15-4-2-3-5-16(15)21(24)26/h2-6,9,13,21H,7-8,10-12,26H2,1H3,(H,29,30,31)/t21-/m1/s1. The van der Waals surface area contributed by atoms with Gasteiger partial charge in [0.15, 0.2) is 16.9 Å². The summed E-state index contributed by atoms with van der Waals surface area (Å²) in [6.45, 7) is 3.61. The molecule has 0 bridgehead atoms. The minimum absolute atomic E-state index is 0.0976.